The molecule has 1 unspecified atom stereocenters. The molecule has 1 atom stereocenters. The highest BCUT2D eigenvalue weighted by Gasteiger charge is 2.26. The molecule has 94 valence electrons. The fraction of sp³-hybridized carbons (Fsp3) is 0.600. The maximum absolute atomic E-state index is 6.08. The molecule has 2 heteroatoms. The van der Waals surface area contributed by atoms with Gasteiger partial charge in [0, 0.05) is 18.6 Å². The highest BCUT2D eigenvalue weighted by atomic mass is 15.2. The Morgan fingerprint density at radius 2 is 2.18 bits per heavy atom. The van der Waals surface area contributed by atoms with E-state index in [4.69, 9.17) is 5.73 Å². The van der Waals surface area contributed by atoms with Gasteiger partial charge in [-0.1, -0.05) is 29.8 Å². The van der Waals surface area contributed by atoms with Gasteiger partial charge >= 0.3 is 0 Å². The van der Waals surface area contributed by atoms with Crippen molar-refractivity contribution in [2.75, 3.05) is 19.6 Å². The summed E-state index contributed by atoms with van der Waals surface area (Å²) in [6.45, 7) is 9.71. The summed E-state index contributed by atoms with van der Waals surface area (Å²) in [4.78, 5) is 2.49. The predicted molar refractivity (Wildman–Crippen MR) is 73.2 cm³/mol. The van der Waals surface area contributed by atoms with Crippen molar-refractivity contribution in [3.05, 3.63) is 35.4 Å². The molecule has 2 N–H and O–H groups in total. The fourth-order valence-electron chi connectivity index (χ4n) is 2.75. The van der Waals surface area contributed by atoms with Crippen LogP contribution in [0.3, 0.4) is 0 Å². The van der Waals surface area contributed by atoms with Crippen LogP contribution < -0.4 is 5.73 Å². The number of nitrogens with two attached hydrogens (primary N) is 1. The zero-order valence-corrected chi connectivity index (χ0v) is 11.2. The van der Waals surface area contributed by atoms with Crippen LogP contribution in [-0.4, -0.2) is 30.1 Å². The zero-order chi connectivity index (χ0) is 12.5. The van der Waals surface area contributed by atoms with Crippen LogP contribution in [-0.2, 0) is 0 Å². The Kier molecular flexibility index (Phi) is 3.55. The quantitative estimate of drug-likeness (QED) is 0.867. The Balaban J connectivity index is 1.98. The van der Waals surface area contributed by atoms with Crippen LogP contribution in [0.5, 0.6) is 0 Å². The molecule has 17 heavy (non-hydrogen) atoms. The second-order valence-electron chi connectivity index (χ2n) is 6.12. The third kappa shape index (κ3) is 3.55. The van der Waals surface area contributed by atoms with E-state index in [9.17, 15) is 0 Å². The molecule has 0 aliphatic carbocycles. The number of aryl methyl sites for hydroxylation is 1. The van der Waals surface area contributed by atoms with Crippen LogP contribution in [0.4, 0.5) is 0 Å². The number of benzene rings is 1. The Hall–Kier alpha value is -0.860. The fourth-order valence-corrected chi connectivity index (χ4v) is 2.75. The van der Waals surface area contributed by atoms with E-state index >= 15 is 0 Å². The van der Waals surface area contributed by atoms with Crippen LogP contribution in [0.15, 0.2) is 24.3 Å². The predicted octanol–water partition coefficient (Wildman–Crippen LogP) is 2.52. The molecule has 0 spiro atoms. The second-order valence-corrected chi connectivity index (χ2v) is 6.12. The monoisotopic (exact) mass is 232 g/mol. The SMILES string of the molecule is Cc1cccc(C2CCN(CC(C)(C)N)C2)c1. The van der Waals surface area contributed by atoms with Gasteiger partial charge in [0.2, 0.25) is 0 Å². The molecular formula is C15H24N2. The van der Waals surface area contributed by atoms with Crippen molar-refractivity contribution in [2.24, 2.45) is 5.73 Å². The molecule has 2 nitrogen and oxygen atoms in total. The molecule has 1 aliphatic heterocycles. The molecule has 0 amide bonds. The van der Waals surface area contributed by atoms with Gasteiger partial charge in [-0.15, -0.1) is 0 Å². The van der Waals surface area contributed by atoms with Crippen molar-refractivity contribution < 1.29 is 0 Å². The summed E-state index contributed by atoms with van der Waals surface area (Å²) in [7, 11) is 0. The first kappa shape index (κ1) is 12.6. The topological polar surface area (TPSA) is 29.3 Å². The average Bonchev–Trinajstić information content (AvgIpc) is 2.63. The lowest BCUT2D eigenvalue weighted by molar-refractivity contribution is 0.269. The third-order valence-corrected chi connectivity index (χ3v) is 3.42. The first-order chi connectivity index (χ1) is 7.94. The molecular weight excluding hydrogens is 208 g/mol. The summed E-state index contributed by atoms with van der Waals surface area (Å²) in [6.07, 6.45) is 1.26. The highest BCUT2D eigenvalue weighted by Crippen LogP contribution is 2.28. The van der Waals surface area contributed by atoms with Crippen LogP contribution >= 0.6 is 0 Å². The van der Waals surface area contributed by atoms with Crippen molar-refractivity contribution in [3.63, 3.8) is 0 Å². The molecule has 1 saturated heterocycles. The molecule has 0 radical (unpaired) electrons. The van der Waals surface area contributed by atoms with Crippen LogP contribution in [0.25, 0.3) is 0 Å². The Morgan fingerprint density at radius 3 is 2.82 bits per heavy atom. The molecule has 0 bridgehead atoms. The molecule has 0 saturated carbocycles. The van der Waals surface area contributed by atoms with Gasteiger partial charge in [-0.3, -0.25) is 0 Å². The van der Waals surface area contributed by atoms with E-state index in [1.807, 2.05) is 0 Å². The van der Waals surface area contributed by atoms with Gasteiger partial charge in [0.25, 0.3) is 0 Å². The molecule has 1 aromatic rings. The lowest BCUT2D eigenvalue weighted by atomic mass is 9.97. The van der Waals surface area contributed by atoms with Crippen molar-refractivity contribution >= 4 is 0 Å². The second kappa shape index (κ2) is 4.79. The largest absolute Gasteiger partial charge is 0.324 e. The van der Waals surface area contributed by atoms with Gasteiger partial charge in [-0.05, 0) is 45.2 Å². The minimum atomic E-state index is -0.0819. The molecule has 1 aromatic carbocycles. The summed E-state index contributed by atoms with van der Waals surface area (Å²) in [6, 6.07) is 8.91. The van der Waals surface area contributed by atoms with Gasteiger partial charge in [0.1, 0.15) is 0 Å². The van der Waals surface area contributed by atoms with Crippen LogP contribution in [0, 0.1) is 6.92 Å². The summed E-state index contributed by atoms with van der Waals surface area (Å²) >= 11 is 0. The third-order valence-electron chi connectivity index (χ3n) is 3.42. The minimum Gasteiger partial charge on any atom is -0.324 e. The Morgan fingerprint density at radius 1 is 1.41 bits per heavy atom. The van der Waals surface area contributed by atoms with Gasteiger partial charge in [0.05, 0.1) is 0 Å². The first-order valence-electron chi connectivity index (χ1n) is 6.52. The molecule has 0 aromatic heterocycles. The van der Waals surface area contributed by atoms with Crippen molar-refractivity contribution in [2.45, 2.75) is 38.6 Å². The number of rotatable bonds is 3. The van der Waals surface area contributed by atoms with Crippen molar-refractivity contribution in [1.82, 2.24) is 4.90 Å². The smallest absolute Gasteiger partial charge is 0.0226 e. The van der Waals surface area contributed by atoms with E-state index in [-0.39, 0.29) is 5.54 Å². The standard InChI is InChI=1S/C15H24N2/c1-12-5-4-6-13(9-12)14-7-8-17(10-14)11-15(2,3)16/h4-6,9,14H,7-8,10-11,16H2,1-3H3. The van der Waals surface area contributed by atoms with E-state index in [2.05, 4.69) is 49.9 Å². The summed E-state index contributed by atoms with van der Waals surface area (Å²) < 4.78 is 0. The molecule has 1 aliphatic rings. The van der Waals surface area contributed by atoms with Crippen molar-refractivity contribution in [1.29, 1.82) is 0 Å². The molecule has 1 fully saturated rings. The van der Waals surface area contributed by atoms with E-state index in [0.29, 0.717) is 5.92 Å². The number of hydrogen-bond acceptors (Lipinski definition) is 2. The molecule has 1 heterocycles. The van der Waals surface area contributed by atoms with E-state index in [1.54, 1.807) is 0 Å². The number of nitrogens with zero attached hydrogens (tertiary/aromatic N) is 1. The van der Waals surface area contributed by atoms with E-state index < -0.39 is 0 Å². The maximum atomic E-state index is 6.08. The van der Waals surface area contributed by atoms with Gasteiger partial charge in [-0.2, -0.15) is 0 Å². The number of likely N-dealkylation sites (tertiary alicyclic amines) is 1. The summed E-state index contributed by atoms with van der Waals surface area (Å²) in [5.74, 6) is 0.692. The average molecular weight is 232 g/mol. The normalized spacial score (nSPS) is 22.0. The number of hydrogen-bond donors (Lipinski definition) is 1. The summed E-state index contributed by atoms with van der Waals surface area (Å²) in [5.41, 5.74) is 8.85. The first-order valence-corrected chi connectivity index (χ1v) is 6.52. The van der Waals surface area contributed by atoms with E-state index in [1.165, 1.54) is 24.1 Å². The van der Waals surface area contributed by atoms with E-state index in [0.717, 1.165) is 13.1 Å². The maximum Gasteiger partial charge on any atom is 0.0226 e. The van der Waals surface area contributed by atoms with Crippen LogP contribution in [0.2, 0.25) is 0 Å². The zero-order valence-electron chi connectivity index (χ0n) is 11.2. The summed E-state index contributed by atoms with van der Waals surface area (Å²) in [5, 5.41) is 0. The molecule has 2 rings (SSSR count). The van der Waals surface area contributed by atoms with Gasteiger partial charge in [-0.25, -0.2) is 0 Å². The minimum absolute atomic E-state index is 0.0819. The Bertz CT molecular complexity index is 379. The van der Waals surface area contributed by atoms with Crippen LogP contribution in [0.1, 0.15) is 37.3 Å². The lowest BCUT2D eigenvalue weighted by Crippen LogP contribution is -2.44. The van der Waals surface area contributed by atoms with Gasteiger partial charge < -0.3 is 10.6 Å². The van der Waals surface area contributed by atoms with Crippen molar-refractivity contribution in [3.8, 4) is 0 Å². The lowest BCUT2D eigenvalue weighted by Gasteiger charge is -2.26. The van der Waals surface area contributed by atoms with Gasteiger partial charge in [0.15, 0.2) is 0 Å². The highest BCUT2D eigenvalue weighted by molar-refractivity contribution is 5.26. The Labute approximate surface area is 105 Å².